The first-order chi connectivity index (χ1) is 10.6. The highest BCUT2D eigenvalue weighted by Gasteiger charge is 2.23. The van der Waals surface area contributed by atoms with Crippen molar-refractivity contribution < 1.29 is 9.53 Å². The minimum absolute atomic E-state index is 0.0876. The fourth-order valence-corrected chi connectivity index (χ4v) is 3.08. The zero-order valence-corrected chi connectivity index (χ0v) is 13.2. The molecule has 2 N–H and O–H groups in total. The number of thiazole rings is 1. The van der Waals surface area contributed by atoms with E-state index in [4.69, 9.17) is 10.5 Å². The smallest absolute Gasteiger partial charge is 0.250 e. The number of aromatic nitrogens is 2. The van der Waals surface area contributed by atoms with Gasteiger partial charge in [-0.05, 0) is 19.1 Å². The molecule has 0 saturated carbocycles. The van der Waals surface area contributed by atoms with Crippen molar-refractivity contribution in [3.63, 3.8) is 0 Å². The number of ether oxygens (including phenoxy) is 1. The van der Waals surface area contributed by atoms with Crippen molar-refractivity contribution in [2.45, 2.75) is 19.6 Å². The standard InChI is InChI=1S/C15H18N4O2S/c1-10-18-12(9-22-10)7-19-4-5-21-14(8-19)13-3-2-11(6-17-13)15(16)20/h2-3,6,9,14H,4-5,7-8H2,1H3,(H2,16,20)/t14-/m1/s1. The number of amides is 1. The number of primary amides is 1. The van der Waals surface area contributed by atoms with E-state index in [0.29, 0.717) is 12.2 Å². The highest BCUT2D eigenvalue weighted by Crippen LogP contribution is 2.22. The predicted octanol–water partition coefficient (Wildman–Crippen LogP) is 1.52. The van der Waals surface area contributed by atoms with Crippen LogP contribution in [0.5, 0.6) is 0 Å². The number of nitrogens with two attached hydrogens (primary N) is 1. The van der Waals surface area contributed by atoms with E-state index < -0.39 is 5.91 Å². The summed E-state index contributed by atoms with van der Waals surface area (Å²) in [6.45, 7) is 5.14. The molecule has 2 aromatic rings. The van der Waals surface area contributed by atoms with Gasteiger partial charge >= 0.3 is 0 Å². The summed E-state index contributed by atoms with van der Waals surface area (Å²) in [6, 6.07) is 3.50. The Morgan fingerprint density at radius 3 is 3.05 bits per heavy atom. The average molecular weight is 318 g/mol. The fourth-order valence-electron chi connectivity index (χ4n) is 2.48. The van der Waals surface area contributed by atoms with Crippen LogP contribution in [0.2, 0.25) is 0 Å². The molecule has 6 nitrogen and oxygen atoms in total. The summed E-state index contributed by atoms with van der Waals surface area (Å²) in [4.78, 5) is 22.2. The Morgan fingerprint density at radius 2 is 2.41 bits per heavy atom. The highest BCUT2D eigenvalue weighted by atomic mass is 32.1. The van der Waals surface area contributed by atoms with Crippen molar-refractivity contribution in [3.05, 3.63) is 45.7 Å². The van der Waals surface area contributed by atoms with Crippen LogP contribution >= 0.6 is 11.3 Å². The van der Waals surface area contributed by atoms with Crippen LogP contribution in [0.4, 0.5) is 0 Å². The molecule has 0 radical (unpaired) electrons. The number of aryl methyl sites for hydroxylation is 1. The molecule has 0 aliphatic carbocycles. The van der Waals surface area contributed by atoms with Crippen molar-refractivity contribution >= 4 is 17.2 Å². The van der Waals surface area contributed by atoms with Gasteiger partial charge in [0.15, 0.2) is 0 Å². The third kappa shape index (κ3) is 3.49. The molecule has 7 heteroatoms. The maximum atomic E-state index is 11.1. The first-order valence-corrected chi connectivity index (χ1v) is 8.00. The largest absolute Gasteiger partial charge is 0.369 e. The van der Waals surface area contributed by atoms with Gasteiger partial charge in [0.25, 0.3) is 0 Å². The van der Waals surface area contributed by atoms with E-state index in [2.05, 4.69) is 20.2 Å². The molecule has 1 fully saturated rings. The lowest BCUT2D eigenvalue weighted by Gasteiger charge is -2.32. The predicted molar refractivity (Wildman–Crippen MR) is 83.6 cm³/mol. The molecule has 0 unspecified atom stereocenters. The van der Waals surface area contributed by atoms with Crippen molar-refractivity contribution in [1.82, 2.24) is 14.9 Å². The van der Waals surface area contributed by atoms with Crippen LogP contribution in [0.1, 0.15) is 32.9 Å². The lowest BCUT2D eigenvalue weighted by Crippen LogP contribution is -2.38. The number of nitrogens with zero attached hydrogens (tertiary/aromatic N) is 3. The van der Waals surface area contributed by atoms with Gasteiger partial charge in [0, 0.05) is 31.2 Å². The Labute approximate surface area is 132 Å². The van der Waals surface area contributed by atoms with Gasteiger partial charge in [0.2, 0.25) is 5.91 Å². The quantitative estimate of drug-likeness (QED) is 0.924. The van der Waals surface area contributed by atoms with Crippen molar-refractivity contribution in [3.8, 4) is 0 Å². The van der Waals surface area contributed by atoms with Crippen molar-refractivity contribution in [1.29, 1.82) is 0 Å². The van der Waals surface area contributed by atoms with Crippen LogP contribution in [0.15, 0.2) is 23.7 Å². The number of hydrogen-bond donors (Lipinski definition) is 1. The molecule has 3 heterocycles. The summed E-state index contributed by atoms with van der Waals surface area (Å²) in [7, 11) is 0. The van der Waals surface area contributed by atoms with Gasteiger partial charge in [-0.25, -0.2) is 4.98 Å². The van der Waals surface area contributed by atoms with E-state index in [-0.39, 0.29) is 6.10 Å². The van der Waals surface area contributed by atoms with E-state index in [1.54, 1.807) is 23.5 Å². The Morgan fingerprint density at radius 1 is 1.55 bits per heavy atom. The number of hydrogen-bond acceptors (Lipinski definition) is 6. The molecule has 0 aromatic carbocycles. The van der Waals surface area contributed by atoms with Gasteiger partial charge < -0.3 is 10.5 Å². The Kier molecular flexibility index (Phi) is 4.47. The van der Waals surface area contributed by atoms with Gasteiger partial charge in [-0.15, -0.1) is 11.3 Å². The van der Waals surface area contributed by atoms with Crippen LogP contribution in [-0.2, 0) is 11.3 Å². The maximum Gasteiger partial charge on any atom is 0.250 e. The molecule has 1 aliphatic heterocycles. The van der Waals surface area contributed by atoms with E-state index in [0.717, 1.165) is 36.0 Å². The molecular formula is C15H18N4O2S. The number of carbonyl (C=O) groups excluding carboxylic acids is 1. The number of morpholine rings is 1. The van der Waals surface area contributed by atoms with Gasteiger partial charge in [0.05, 0.1) is 28.6 Å². The van der Waals surface area contributed by atoms with Crippen molar-refractivity contribution in [2.24, 2.45) is 5.73 Å². The van der Waals surface area contributed by atoms with Crippen LogP contribution < -0.4 is 5.73 Å². The molecule has 1 atom stereocenters. The average Bonchev–Trinajstić information content (AvgIpc) is 2.93. The number of rotatable bonds is 4. The molecular weight excluding hydrogens is 300 g/mol. The molecule has 2 aromatic heterocycles. The molecule has 116 valence electrons. The second-order valence-electron chi connectivity index (χ2n) is 5.29. The summed E-state index contributed by atoms with van der Waals surface area (Å²) in [5.74, 6) is -0.468. The van der Waals surface area contributed by atoms with E-state index in [9.17, 15) is 4.79 Å². The molecule has 22 heavy (non-hydrogen) atoms. The minimum Gasteiger partial charge on any atom is -0.369 e. The first-order valence-electron chi connectivity index (χ1n) is 7.12. The second kappa shape index (κ2) is 6.51. The molecule has 1 saturated heterocycles. The third-order valence-corrected chi connectivity index (χ3v) is 4.43. The molecule has 1 amide bonds. The first kappa shape index (κ1) is 15.1. The van der Waals surface area contributed by atoms with E-state index in [1.807, 2.05) is 6.92 Å². The SMILES string of the molecule is Cc1nc(CN2CCO[C@@H](c3ccc(C(N)=O)cn3)C2)cs1. The number of carbonyl (C=O) groups is 1. The summed E-state index contributed by atoms with van der Waals surface area (Å²) in [5.41, 5.74) is 7.56. The lowest BCUT2D eigenvalue weighted by atomic mass is 10.1. The maximum absolute atomic E-state index is 11.1. The van der Waals surface area contributed by atoms with Crippen LogP contribution in [0.25, 0.3) is 0 Å². The number of pyridine rings is 1. The monoisotopic (exact) mass is 318 g/mol. The molecule has 0 spiro atoms. The van der Waals surface area contributed by atoms with Crippen LogP contribution in [0, 0.1) is 6.92 Å². The Hall–Kier alpha value is -1.83. The van der Waals surface area contributed by atoms with Gasteiger partial charge in [0.1, 0.15) is 6.10 Å². The second-order valence-corrected chi connectivity index (χ2v) is 6.35. The van der Waals surface area contributed by atoms with Gasteiger partial charge in [-0.3, -0.25) is 14.7 Å². The summed E-state index contributed by atoms with van der Waals surface area (Å²) >= 11 is 1.67. The van der Waals surface area contributed by atoms with Crippen LogP contribution in [0.3, 0.4) is 0 Å². The Bertz CT molecular complexity index is 656. The lowest BCUT2D eigenvalue weighted by molar-refractivity contribution is -0.0353. The molecule has 0 bridgehead atoms. The van der Waals surface area contributed by atoms with E-state index >= 15 is 0 Å². The van der Waals surface area contributed by atoms with Gasteiger partial charge in [-0.2, -0.15) is 0 Å². The molecule has 1 aliphatic rings. The summed E-state index contributed by atoms with van der Waals surface area (Å²) in [6.07, 6.45) is 1.42. The van der Waals surface area contributed by atoms with Crippen molar-refractivity contribution in [2.75, 3.05) is 19.7 Å². The fraction of sp³-hybridized carbons (Fsp3) is 0.400. The zero-order valence-electron chi connectivity index (χ0n) is 12.4. The van der Waals surface area contributed by atoms with Gasteiger partial charge in [-0.1, -0.05) is 0 Å². The summed E-state index contributed by atoms with van der Waals surface area (Å²) in [5, 5.41) is 3.18. The summed E-state index contributed by atoms with van der Waals surface area (Å²) < 4.78 is 5.80. The Balaban J connectivity index is 1.66. The van der Waals surface area contributed by atoms with Crippen LogP contribution in [-0.4, -0.2) is 40.5 Å². The zero-order chi connectivity index (χ0) is 15.5. The minimum atomic E-state index is -0.468. The topological polar surface area (TPSA) is 81.3 Å². The van der Waals surface area contributed by atoms with E-state index in [1.165, 1.54) is 6.20 Å². The normalized spacial score (nSPS) is 19.2. The highest BCUT2D eigenvalue weighted by molar-refractivity contribution is 7.09. The third-order valence-electron chi connectivity index (χ3n) is 3.60. The molecule has 3 rings (SSSR count).